The molecule has 1 heterocycles. The van der Waals surface area contributed by atoms with Crippen LogP contribution in [0.2, 0.25) is 0 Å². The first-order valence-corrected chi connectivity index (χ1v) is 5.08. The number of carbonyl (C=O) groups is 1. The summed E-state index contributed by atoms with van der Waals surface area (Å²) in [7, 11) is 0. The molecule has 2 rings (SSSR count). The maximum atomic E-state index is 11.5. The van der Waals surface area contributed by atoms with Gasteiger partial charge < -0.3 is 9.52 Å². The number of rotatable bonds is 3. The molecule has 1 N–H and O–H groups in total. The Hall–Kier alpha value is -2.30. The fourth-order valence-corrected chi connectivity index (χ4v) is 1.50. The second kappa shape index (κ2) is 4.29. The van der Waals surface area contributed by atoms with Crippen molar-refractivity contribution in [1.29, 1.82) is 0 Å². The Morgan fingerprint density at radius 1 is 1.47 bits per heavy atom. The number of fused-ring (bicyclic) bond motifs is 1. The molecule has 1 aromatic heterocycles. The lowest BCUT2D eigenvalue weighted by Crippen LogP contribution is -2.13. The largest absolute Gasteiger partial charge is 0.478 e. The van der Waals surface area contributed by atoms with E-state index in [2.05, 4.69) is 0 Å². The van der Waals surface area contributed by atoms with Crippen LogP contribution < -0.4 is 5.76 Å². The fraction of sp³-hybridized carbons (Fsp3) is 0.167. The molecular weight excluding hydrogens is 222 g/mol. The van der Waals surface area contributed by atoms with Crippen molar-refractivity contribution < 1.29 is 14.3 Å². The van der Waals surface area contributed by atoms with Crippen molar-refractivity contribution in [3.05, 3.63) is 46.5 Å². The number of benzene rings is 1. The molecule has 5 heteroatoms. The zero-order chi connectivity index (χ0) is 12.4. The van der Waals surface area contributed by atoms with E-state index >= 15 is 0 Å². The third kappa shape index (κ3) is 2.13. The van der Waals surface area contributed by atoms with Gasteiger partial charge in [-0.15, -0.1) is 0 Å². The minimum Gasteiger partial charge on any atom is -0.478 e. The molecule has 5 nitrogen and oxygen atoms in total. The van der Waals surface area contributed by atoms with Gasteiger partial charge in [0.1, 0.15) is 0 Å². The molecule has 0 spiro atoms. The Bertz CT molecular complexity index is 648. The van der Waals surface area contributed by atoms with E-state index in [-0.39, 0.29) is 12.1 Å². The Morgan fingerprint density at radius 3 is 2.88 bits per heavy atom. The highest BCUT2D eigenvalue weighted by Gasteiger charge is 2.07. The molecule has 0 fully saturated rings. The second-order valence-electron chi connectivity index (χ2n) is 3.64. The monoisotopic (exact) mass is 233 g/mol. The molecule has 0 aliphatic carbocycles. The van der Waals surface area contributed by atoms with Gasteiger partial charge in [0.25, 0.3) is 0 Å². The summed E-state index contributed by atoms with van der Waals surface area (Å²) >= 11 is 0. The van der Waals surface area contributed by atoms with Crippen LogP contribution in [0.5, 0.6) is 0 Å². The molecule has 0 amide bonds. The number of aromatic nitrogens is 1. The highest BCUT2D eigenvalue weighted by Crippen LogP contribution is 2.11. The standard InChI is InChI=1S/C12H11NO4/c1-8(11(14)15)6-7-13-9-4-2-3-5-10(9)17-12(13)16/h2-6H,7H2,1H3,(H,14,15). The van der Waals surface area contributed by atoms with E-state index < -0.39 is 11.7 Å². The van der Waals surface area contributed by atoms with Gasteiger partial charge in [0.15, 0.2) is 5.58 Å². The van der Waals surface area contributed by atoms with Crippen LogP contribution in [0.3, 0.4) is 0 Å². The van der Waals surface area contributed by atoms with Gasteiger partial charge in [-0.25, -0.2) is 9.59 Å². The first-order chi connectivity index (χ1) is 8.09. The van der Waals surface area contributed by atoms with Crippen molar-refractivity contribution in [2.45, 2.75) is 13.5 Å². The summed E-state index contributed by atoms with van der Waals surface area (Å²) in [5.41, 5.74) is 1.35. The van der Waals surface area contributed by atoms with Crippen molar-refractivity contribution in [3.63, 3.8) is 0 Å². The van der Waals surface area contributed by atoms with Crippen LogP contribution in [0, 0.1) is 0 Å². The van der Waals surface area contributed by atoms with E-state index in [9.17, 15) is 9.59 Å². The lowest BCUT2D eigenvalue weighted by atomic mass is 10.3. The zero-order valence-electron chi connectivity index (χ0n) is 9.21. The molecule has 17 heavy (non-hydrogen) atoms. The first-order valence-electron chi connectivity index (χ1n) is 5.08. The number of nitrogens with zero attached hydrogens (tertiary/aromatic N) is 1. The molecule has 0 radical (unpaired) electrons. The third-order valence-corrected chi connectivity index (χ3v) is 2.49. The highest BCUT2D eigenvalue weighted by molar-refractivity contribution is 5.85. The van der Waals surface area contributed by atoms with Crippen molar-refractivity contribution in [2.75, 3.05) is 0 Å². The van der Waals surface area contributed by atoms with Gasteiger partial charge in [-0.3, -0.25) is 4.57 Å². The van der Waals surface area contributed by atoms with Crippen LogP contribution >= 0.6 is 0 Å². The van der Waals surface area contributed by atoms with Gasteiger partial charge in [0, 0.05) is 12.1 Å². The van der Waals surface area contributed by atoms with Gasteiger partial charge >= 0.3 is 11.7 Å². The molecule has 0 aliphatic heterocycles. The Balaban J connectivity index is 2.43. The van der Waals surface area contributed by atoms with Crippen LogP contribution in [0.25, 0.3) is 11.1 Å². The van der Waals surface area contributed by atoms with Crippen LogP contribution in [0.1, 0.15) is 6.92 Å². The first kappa shape index (κ1) is 11.2. The molecule has 88 valence electrons. The highest BCUT2D eigenvalue weighted by atomic mass is 16.4. The van der Waals surface area contributed by atoms with E-state index in [1.54, 1.807) is 24.3 Å². The van der Waals surface area contributed by atoms with Crippen LogP contribution in [0.4, 0.5) is 0 Å². The normalized spacial score (nSPS) is 11.9. The van der Waals surface area contributed by atoms with Gasteiger partial charge in [-0.1, -0.05) is 18.2 Å². The Kier molecular flexibility index (Phi) is 2.82. The summed E-state index contributed by atoms with van der Waals surface area (Å²) in [6.07, 6.45) is 1.48. The van der Waals surface area contributed by atoms with Gasteiger partial charge in [-0.2, -0.15) is 0 Å². The number of carboxylic acid groups (broad SMARTS) is 1. The SMILES string of the molecule is CC(=CCn1c(=O)oc2ccccc21)C(=O)O. The number of oxazole rings is 1. The lowest BCUT2D eigenvalue weighted by Gasteiger charge is -1.97. The number of carboxylic acids is 1. The maximum absolute atomic E-state index is 11.5. The maximum Gasteiger partial charge on any atom is 0.420 e. The number of para-hydroxylation sites is 2. The summed E-state index contributed by atoms with van der Waals surface area (Å²) in [5.74, 6) is -1.48. The molecule has 0 unspecified atom stereocenters. The second-order valence-corrected chi connectivity index (χ2v) is 3.64. The predicted octanol–water partition coefficient (Wildman–Crippen LogP) is 1.63. The fourth-order valence-electron chi connectivity index (χ4n) is 1.50. The Morgan fingerprint density at radius 2 is 2.18 bits per heavy atom. The van der Waals surface area contributed by atoms with Gasteiger partial charge in [0.05, 0.1) is 5.52 Å². The number of hydrogen-bond donors (Lipinski definition) is 1. The summed E-state index contributed by atoms with van der Waals surface area (Å²) < 4.78 is 6.41. The van der Waals surface area contributed by atoms with Crippen LogP contribution in [-0.2, 0) is 11.3 Å². The molecule has 0 aliphatic rings. The van der Waals surface area contributed by atoms with E-state index in [0.717, 1.165) is 0 Å². The van der Waals surface area contributed by atoms with Crippen molar-refractivity contribution in [1.82, 2.24) is 4.57 Å². The zero-order valence-corrected chi connectivity index (χ0v) is 9.21. The van der Waals surface area contributed by atoms with E-state index in [0.29, 0.717) is 11.1 Å². The average Bonchev–Trinajstić information content (AvgIpc) is 2.61. The summed E-state index contributed by atoms with van der Waals surface area (Å²) in [4.78, 5) is 22.2. The number of allylic oxidation sites excluding steroid dienone is 1. The van der Waals surface area contributed by atoms with E-state index in [4.69, 9.17) is 9.52 Å². The van der Waals surface area contributed by atoms with E-state index in [1.807, 2.05) is 0 Å². The third-order valence-electron chi connectivity index (χ3n) is 2.49. The molecule has 0 saturated heterocycles. The van der Waals surface area contributed by atoms with Crippen LogP contribution in [0.15, 0.2) is 45.1 Å². The topological polar surface area (TPSA) is 72.4 Å². The van der Waals surface area contributed by atoms with Crippen molar-refractivity contribution in [3.8, 4) is 0 Å². The summed E-state index contributed by atoms with van der Waals surface area (Å²) in [6, 6.07) is 7.01. The quantitative estimate of drug-likeness (QED) is 0.818. The molecule has 0 bridgehead atoms. The lowest BCUT2D eigenvalue weighted by molar-refractivity contribution is -0.132. The van der Waals surface area contributed by atoms with Gasteiger partial charge in [0.2, 0.25) is 0 Å². The molecular formula is C12H11NO4. The minimum atomic E-state index is -0.995. The predicted molar refractivity (Wildman–Crippen MR) is 61.9 cm³/mol. The Labute approximate surface area is 96.6 Å². The van der Waals surface area contributed by atoms with Crippen molar-refractivity contribution >= 4 is 17.1 Å². The molecule has 2 aromatic rings. The molecule has 1 aromatic carbocycles. The molecule has 0 atom stereocenters. The number of aliphatic carboxylic acids is 1. The number of hydrogen-bond acceptors (Lipinski definition) is 3. The van der Waals surface area contributed by atoms with Crippen LogP contribution in [-0.4, -0.2) is 15.6 Å². The smallest absolute Gasteiger partial charge is 0.420 e. The van der Waals surface area contributed by atoms with Crippen molar-refractivity contribution in [2.24, 2.45) is 0 Å². The van der Waals surface area contributed by atoms with E-state index in [1.165, 1.54) is 17.6 Å². The van der Waals surface area contributed by atoms with Gasteiger partial charge in [-0.05, 0) is 19.1 Å². The summed E-state index contributed by atoms with van der Waals surface area (Å²) in [6.45, 7) is 1.67. The minimum absolute atomic E-state index is 0.188. The average molecular weight is 233 g/mol. The molecule has 0 saturated carbocycles. The summed E-state index contributed by atoms with van der Waals surface area (Å²) in [5, 5.41) is 8.71.